The van der Waals surface area contributed by atoms with Crippen molar-refractivity contribution >= 4 is 11.9 Å². The second-order valence-corrected chi connectivity index (χ2v) is 5.53. The van der Waals surface area contributed by atoms with E-state index in [1.54, 1.807) is 25.3 Å². The van der Waals surface area contributed by atoms with Crippen molar-refractivity contribution < 1.29 is 23.8 Å². The van der Waals surface area contributed by atoms with Gasteiger partial charge in [0.05, 0.1) is 18.8 Å². The van der Waals surface area contributed by atoms with Gasteiger partial charge in [-0.3, -0.25) is 4.79 Å². The number of carboxylic acids is 1. The average Bonchev–Trinajstić information content (AvgIpc) is 2.96. The smallest absolute Gasteiger partial charge is 0.334 e. The van der Waals surface area contributed by atoms with Gasteiger partial charge in [-0.2, -0.15) is 5.10 Å². The Morgan fingerprint density at radius 1 is 1.33 bits per heavy atom. The standard InChI is InChI=1S/C16H16FN3O4/c1-10-8-20(12-4-2-11(17)3-5-12)18-14(10)15(21)19-6-7-24-13(9-19)16(22)23/h2-5,8,13H,6-7,9H2,1H3,(H,22,23). The lowest BCUT2D eigenvalue weighted by molar-refractivity contribution is -0.154. The molecule has 2 heterocycles. The molecule has 1 N–H and O–H groups in total. The highest BCUT2D eigenvalue weighted by molar-refractivity contribution is 5.94. The highest BCUT2D eigenvalue weighted by Crippen LogP contribution is 2.16. The Kier molecular flexibility index (Phi) is 4.30. The highest BCUT2D eigenvalue weighted by atomic mass is 19.1. The van der Waals surface area contributed by atoms with Gasteiger partial charge in [-0.15, -0.1) is 0 Å². The second-order valence-electron chi connectivity index (χ2n) is 5.53. The zero-order chi connectivity index (χ0) is 17.3. The number of amides is 1. The number of hydrogen-bond donors (Lipinski definition) is 1. The van der Waals surface area contributed by atoms with Gasteiger partial charge >= 0.3 is 5.97 Å². The molecule has 0 saturated carbocycles. The van der Waals surface area contributed by atoms with E-state index >= 15 is 0 Å². The van der Waals surface area contributed by atoms with Crippen molar-refractivity contribution in [1.82, 2.24) is 14.7 Å². The van der Waals surface area contributed by atoms with Crippen molar-refractivity contribution in [1.29, 1.82) is 0 Å². The molecule has 0 spiro atoms. The molecule has 1 aromatic carbocycles. The summed E-state index contributed by atoms with van der Waals surface area (Å²) in [5, 5.41) is 13.3. The maximum atomic E-state index is 13.0. The van der Waals surface area contributed by atoms with E-state index in [0.717, 1.165) is 0 Å². The van der Waals surface area contributed by atoms with E-state index in [9.17, 15) is 14.0 Å². The molecule has 3 rings (SSSR count). The third-order valence-corrected chi connectivity index (χ3v) is 3.82. The number of aliphatic carboxylic acids is 1. The molecule has 1 atom stereocenters. The summed E-state index contributed by atoms with van der Waals surface area (Å²) in [7, 11) is 0. The van der Waals surface area contributed by atoms with Gasteiger partial charge in [-0.1, -0.05) is 0 Å². The van der Waals surface area contributed by atoms with Gasteiger partial charge in [0.15, 0.2) is 11.8 Å². The number of rotatable bonds is 3. The average molecular weight is 333 g/mol. The Morgan fingerprint density at radius 3 is 2.71 bits per heavy atom. The number of ether oxygens (including phenoxy) is 1. The summed E-state index contributed by atoms with van der Waals surface area (Å²) < 4.78 is 19.6. The van der Waals surface area contributed by atoms with E-state index in [0.29, 0.717) is 17.8 Å². The number of nitrogens with zero attached hydrogens (tertiary/aromatic N) is 3. The number of morpholine rings is 1. The molecule has 1 aromatic heterocycles. The van der Waals surface area contributed by atoms with Crippen LogP contribution in [0.4, 0.5) is 4.39 Å². The van der Waals surface area contributed by atoms with Gasteiger partial charge in [0.1, 0.15) is 5.82 Å². The maximum absolute atomic E-state index is 13.0. The lowest BCUT2D eigenvalue weighted by Gasteiger charge is -2.30. The second kappa shape index (κ2) is 6.40. The van der Waals surface area contributed by atoms with Crippen LogP contribution in [0, 0.1) is 12.7 Å². The number of benzene rings is 1. The summed E-state index contributed by atoms with van der Waals surface area (Å²) in [4.78, 5) is 25.1. The molecule has 1 saturated heterocycles. The first-order valence-electron chi connectivity index (χ1n) is 7.41. The summed E-state index contributed by atoms with van der Waals surface area (Å²) in [6.07, 6.45) is 0.650. The number of hydrogen-bond acceptors (Lipinski definition) is 4. The van der Waals surface area contributed by atoms with E-state index in [4.69, 9.17) is 9.84 Å². The Balaban J connectivity index is 1.83. The van der Waals surface area contributed by atoms with Crippen LogP contribution >= 0.6 is 0 Å². The van der Waals surface area contributed by atoms with Crippen molar-refractivity contribution in [2.75, 3.05) is 19.7 Å². The third-order valence-electron chi connectivity index (χ3n) is 3.82. The van der Waals surface area contributed by atoms with Crippen LogP contribution in [-0.2, 0) is 9.53 Å². The normalized spacial score (nSPS) is 17.8. The molecule has 1 amide bonds. The van der Waals surface area contributed by atoms with Crippen LogP contribution in [0.25, 0.3) is 5.69 Å². The largest absolute Gasteiger partial charge is 0.479 e. The number of aromatic nitrogens is 2. The molecule has 24 heavy (non-hydrogen) atoms. The zero-order valence-electron chi connectivity index (χ0n) is 13.0. The first-order chi connectivity index (χ1) is 11.5. The molecule has 8 heteroatoms. The predicted octanol–water partition coefficient (Wildman–Crippen LogP) is 1.25. The zero-order valence-corrected chi connectivity index (χ0v) is 13.0. The number of halogens is 1. The molecule has 7 nitrogen and oxygen atoms in total. The van der Waals surface area contributed by atoms with Gasteiger partial charge in [-0.25, -0.2) is 13.9 Å². The van der Waals surface area contributed by atoms with Gasteiger partial charge in [0.25, 0.3) is 5.91 Å². The van der Waals surface area contributed by atoms with Crippen LogP contribution in [0.3, 0.4) is 0 Å². The summed E-state index contributed by atoms with van der Waals surface area (Å²) in [5.74, 6) is -1.80. The van der Waals surface area contributed by atoms with Crippen LogP contribution in [0.5, 0.6) is 0 Å². The highest BCUT2D eigenvalue weighted by Gasteiger charge is 2.31. The topological polar surface area (TPSA) is 84.7 Å². The molecule has 1 aliphatic rings. The van der Waals surface area contributed by atoms with Crippen LogP contribution in [0.15, 0.2) is 30.5 Å². The molecule has 1 aliphatic heterocycles. The minimum Gasteiger partial charge on any atom is -0.479 e. The number of carbonyl (C=O) groups excluding carboxylic acids is 1. The number of carbonyl (C=O) groups is 2. The molecule has 0 radical (unpaired) electrons. The molecule has 0 aliphatic carbocycles. The van der Waals surface area contributed by atoms with E-state index in [1.807, 2.05) is 0 Å². The third kappa shape index (κ3) is 3.13. The minimum absolute atomic E-state index is 0.0169. The molecule has 1 fully saturated rings. The maximum Gasteiger partial charge on any atom is 0.334 e. The number of aryl methyl sites for hydroxylation is 1. The van der Waals surface area contributed by atoms with Crippen LogP contribution in [0.2, 0.25) is 0 Å². The van der Waals surface area contributed by atoms with Crippen molar-refractivity contribution in [2.45, 2.75) is 13.0 Å². The van der Waals surface area contributed by atoms with Crippen LogP contribution in [0.1, 0.15) is 16.1 Å². The minimum atomic E-state index is -1.10. The monoisotopic (exact) mass is 333 g/mol. The van der Waals surface area contributed by atoms with Gasteiger partial charge in [0, 0.05) is 18.3 Å². The van der Waals surface area contributed by atoms with Crippen LogP contribution in [-0.4, -0.2) is 57.5 Å². The lowest BCUT2D eigenvalue weighted by Crippen LogP contribution is -2.48. The lowest BCUT2D eigenvalue weighted by atomic mass is 10.2. The Hall–Kier alpha value is -2.74. The Labute approximate surface area is 137 Å². The van der Waals surface area contributed by atoms with E-state index in [2.05, 4.69) is 5.10 Å². The first-order valence-corrected chi connectivity index (χ1v) is 7.41. The summed E-state index contributed by atoms with van der Waals surface area (Å²) in [5.41, 5.74) is 1.52. The van der Waals surface area contributed by atoms with Gasteiger partial charge in [0.2, 0.25) is 0 Å². The van der Waals surface area contributed by atoms with Crippen molar-refractivity contribution in [2.24, 2.45) is 0 Å². The Bertz CT molecular complexity index is 772. The molecular formula is C16H16FN3O4. The fourth-order valence-corrected chi connectivity index (χ4v) is 2.53. The Morgan fingerprint density at radius 2 is 2.04 bits per heavy atom. The fourth-order valence-electron chi connectivity index (χ4n) is 2.53. The van der Waals surface area contributed by atoms with E-state index in [1.165, 1.54) is 21.7 Å². The summed E-state index contributed by atoms with van der Waals surface area (Å²) >= 11 is 0. The summed E-state index contributed by atoms with van der Waals surface area (Å²) in [6.45, 7) is 2.21. The SMILES string of the molecule is Cc1cn(-c2ccc(F)cc2)nc1C(=O)N1CCOC(C(=O)O)C1. The van der Waals surface area contributed by atoms with Gasteiger partial charge in [-0.05, 0) is 31.2 Å². The van der Waals surface area contributed by atoms with E-state index in [-0.39, 0.29) is 30.6 Å². The summed E-state index contributed by atoms with van der Waals surface area (Å²) in [6, 6.07) is 5.75. The molecule has 2 aromatic rings. The van der Waals surface area contributed by atoms with Crippen LogP contribution < -0.4 is 0 Å². The van der Waals surface area contributed by atoms with Crippen molar-refractivity contribution in [3.8, 4) is 5.69 Å². The quantitative estimate of drug-likeness (QED) is 0.914. The van der Waals surface area contributed by atoms with Gasteiger partial charge < -0.3 is 14.7 Å². The van der Waals surface area contributed by atoms with E-state index < -0.39 is 12.1 Å². The predicted molar refractivity (Wildman–Crippen MR) is 81.5 cm³/mol. The molecule has 126 valence electrons. The van der Waals surface area contributed by atoms with Crippen molar-refractivity contribution in [3.63, 3.8) is 0 Å². The molecular weight excluding hydrogens is 317 g/mol. The van der Waals surface area contributed by atoms with Crippen molar-refractivity contribution in [3.05, 3.63) is 47.5 Å². The molecule has 1 unspecified atom stereocenters. The number of carboxylic acid groups (broad SMARTS) is 1. The fraction of sp³-hybridized carbons (Fsp3) is 0.312. The molecule has 0 bridgehead atoms. The first kappa shape index (κ1) is 16.1.